The maximum Gasteiger partial charge on any atom is 0.119 e. The van der Waals surface area contributed by atoms with Crippen molar-refractivity contribution >= 4 is 0 Å². The summed E-state index contributed by atoms with van der Waals surface area (Å²) in [5.74, 6) is 1.84. The monoisotopic (exact) mass is 470 g/mol. The van der Waals surface area contributed by atoms with E-state index in [0.29, 0.717) is 23.3 Å². The second-order valence-electron chi connectivity index (χ2n) is 10.8. The molecule has 0 amide bonds. The standard InChI is InChI=1S/C32H38O3/c1-21-18-31(35)29(23-10-6-3-7-11-23)20-27(21)32(24-12-15-26(33)16-13-24)25-14-17-30(34)28(19-25)22-8-4-2-5-9-22/h12-20,22-23,32-35H,2-11H2,1H3. The largest absolute Gasteiger partial charge is 0.508 e. The van der Waals surface area contributed by atoms with Gasteiger partial charge in [-0.15, -0.1) is 0 Å². The van der Waals surface area contributed by atoms with Crippen molar-refractivity contribution in [3.8, 4) is 17.2 Å². The van der Waals surface area contributed by atoms with Gasteiger partial charge in [0, 0.05) is 5.92 Å². The zero-order valence-corrected chi connectivity index (χ0v) is 20.8. The van der Waals surface area contributed by atoms with Crippen LogP contribution >= 0.6 is 0 Å². The molecule has 35 heavy (non-hydrogen) atoms. The van der Waals surface area contributed by atoms with Crippen LogP contribution in [0.25, 0.3) is 0 Å². The fourth-order valence-electron chi connectivity index (χ4n) is 6.49. The van der Waals surface area contributed by atoms with Crippen molar-refractivity contribution in [2.24, 2.45) is 0 Å². The minimum Gasteiger partial charge on any atom is -0.508 e. The number of hydrogen-bond donors (Lipinski definition) is 3. The van der Waals surface area contributed by atoms with Crippen molar-refractivity contribution in [2.45, 2.75) is 88.9 Å². The minimum absolute atomic E-state index is 0.0403. The summed E-state index contributed by atoms with van der Waals surface area (Å²) in [6, 6.07) is 17.8. The fraction of sp³-hybridized carbons (Fsp3) is 0.438. The van der Waals surface area contributed by atoms with Crippen LogP contribution in [0.15, 0.2) is 54.6 Å². The van der Waals surface area contributed by atoms with Crippen molar-refractivity contribution in [2.75, 3.05) is 0 Å². The summed E-state index contributed by atoms with van der Waals surface area (Å²) in [4.78, 5) is 0. The smallest absolute Gasteiger partial charge is 0.119 e. The van der Waals surface area contributed by atoms with Gasteiger partial charge in [-0.1, -0.05) is 68.9 Å². The van der Waals surface area contributed by atoms with E-state index in [2.05, 4.69) is 19.1 Å². The third-order valence-corrected chi connectivity index (χ3v) is 8.43. The van der Waals surface area contributed by atoms with Gasteiger partial charge in [0.2, 0.25) is 0 Å². The number of benzene rings is 3. The lowest BCUT2D eigenvalue weighted by Crippen LogP contribution is -2.11. The highest BCUT2D eigenvalue weighted by atomic mass is 16.3. The Morgan fingerprint density at radius 3 is 1.74 bits per heavy atom. The molecule has 0 bridgehead atoms. The fourth-order valence-corrected chi connectivity index (χ4v) is 6.49. The van der Waals surface area contributed by atoms with Crippen LogP contribution in [0.2, 0.25) is 0 Å². The normalized spacial score (nSPS) is 18.4. The molecule has 1 atom stereocenters. The summed E-state index contributed by atoms with van der Waals surface area (Å²) in [5.41, 5.74) is 6.64. The number of phenolic OH excluding ortho intramolecular Hbond substituents is 3. The maximum absolute atomic E-state index is 10.9. The summed E-state index contributed by atoms with van der Waals surface area (Å²) in [6.07, 6.45) is 12.0. The third kappa shape index (κ3) is 5.05. The van der Waals surface area contributed by atoms with Gasteiger partial charge in [-0.25, -0.2) is 0 Å². The first-order valence-corrected chi connectivity index (χ1v) is 13.5. The number of phenols is 3. The van der Waals surface area contributed by atoms with E-state index in [4.69, 9.17) is 0 Å². The van der Waals surface area contributed by atoms with E-state index >= 15 is 0 Å². The number of aromatic hydroxyl groups is 3. The molecule has 0 aromatic heterocycles. The van der Waals surface area contributed by atoms with Gasteiger partial charge < -0.3 is 15.3 Å². The molecule has 0 heterocycles. The Labute approximate surface area is 209 Å². The van der Waals surface area contributed by atoms with Crippen LogP contribution in [0, 0.1) is 6.92 Å². The van der Waals surface area contributed by atoms with E-state index in [-0.39, 0.29) is 11.7 Å². The highest BCUT2D eigenvalue weighted by molar-refractivity contribution is 5.54. The van der Waals surface area contributed by atoms with Crippen LogP contribution in [-0.4, -0.2) is 15.3 Å². The van der Waals surface area contributed by atoms with E-state index in [1.807, 2.05) is 30.3 Å². The van der Waals surface area contributed by atoms with Crippen LogP contribution in [-0.2, 0) is 0 Å². The van der Waals surface area contributed by atoms with Crippen molar-refractivity contribution in [3.05, 3.63) is 88.0 Å². The van der Waals surface area contributed by atoms with Crippen molar-refractivity contribution in [3.63, 3.8) is 0 Å². The molecule has 0 spiro atoms. The van der Waals surface area contributed by atoms with Gasteiger partial charge in [-0.3, -0.25) is 0 Å². The first kappa shape index (κ1) is 23.8. The first-order chi connectivity index (χ1) is 17.0. The number of aryl methyl sites for hydroxylation is 1. The molecule has 3 nitrogen and oxygen atoms in total. The Hall–Kier alpha value is -2.94. The molecular weight excluding hydrogens is 432 g/mol. The molecule has 2 aliphatic rings. The zero-order chi connectivity index (χ0) is 24.4. The van der Waals surface area contributed by atoms with Crippen LogP contribution in [0.5, 0.6) is 17.2 Å². The molecule has 1 unspecified atom stereocenters. The molecule has 3 N–H and O–H groups in total. The zero-order valence-electron chi connectivity index (χ0n) is 20.8. The van der Waals surface area contributed by atoms with Crippen molar-refractivity contribution in [1.82, 2.24) is 0 Å². The van der Waals surface area contributed by atoms with E-state index in [0.717, 1.165) is 53.5 Å². The Balaban J connectivity index is 1.63. The van der Waals surface area contributed by atoms with Gasteiger partial charge in [0.1, 0.15) is 17.2 Å². The van der Waals surface area contributed by atoms with Crippen LogP contribution in [0.1, 0.15) is 115 Å². The molecule has 2 saturated carbocycles. The second kappa shape index (κ2) is 10.4. The molecule has 2 aliphatic carbocycles. The van der Waals surface area contributed by atoms with E-state index in [9.17, 15) is 15.3 Å². The van der Waals surface area contributed by atoms with Gasteiger partial charge >= 0.3 is 0 Å². The van der Waals surface area contributed by atoms with Crippen LogP contribution in [0.3, 0.4) is 0 Å². The predicted molar refractivity (Wildman–Crippen MR) is 142 cm³/mol. The molecule has 0 saturated heterocycles. The molecule has 3 aromatic carbocycles. The lowest BCUT2D eigenvalue weighted by molar-refractivity contribution is 0.413. The van der Waals surface area contributed by atoms with E-state index in [1.165, 1.54) is 44.1 Å². The average molecular weight is 471 g/mol. The number of hydrogen-bond acceptors (Lipinski definition) is 3. The quantitative estimate of drug-likeness (QED) is 0.328. The molecule has 0 radical (unpaired) electrons. The summed E-state index contributed by atoms with van der Waals surface area (Å²) >= 11 is 0. The summed E-state index contributed by atoms with van der Waals surface area (Å²) in [6.45, 7) is 2.08. The lowest BCUT2D eigenvalue weighted by Gasteiger charge is -2.28. The molecule has 184 valence electrons. The summed E-state index contributed by atoms with van der Waals surface area (Å²) in [5, 5.41) is 31.7. The van der Waals surface area contributed by atoms with Gasteiger partial charge in [-0.05, 0) is 102 Å². The topological polar surface area (TPSA) is 60.7 Å². The van der Waals surface area contributed by atoms with Gasteiger partial charge in [0.15, 0.2) is 0 Å². The molecule has 3 aromatic rings. The highest BCUT2D eigenvalue weighted by Crippen LogP contribution is 2.44. The van der Waals surface area contributed by atoms with E-state index in [1.54, 1.807) is 12.1 Å². The Morgan fingerprint density at radius 1 is 0.600 bits per heavy atom. The van der Waals surface area contributed by atoms with E-state index < -0.39 is 0 Å². The number of rotatable bonds is 5. The first-order valence-electron chi connectivity index (χ1n) is 13.5. The van der Waals surface area contributed by atoms with Crippen molar-refractivity contribution < 1.29 is 15.3 Å². The SMILES string of the molecule is Cc1cc(O)c(C2CCCCC2)cc1C(c1ccc(O)cc1)c1ccc(O)c(C2CCCCC2)c1. The highest BCUT2D eigenvalue weighted by Gasteiger charge is 2.26. The molecule has 2 fully saturated rings. The summed E-state index contributed by atoms with van der Waals surface area (Å²) < 4.78 is 0. The molecular formula is C32H38O3. The molecule has 3 heteroatoms. The maximum atomic E-state index is 10.9. The van der Waals surface area contributed by atoms with Gasteiger partial charge in [-0.2, -0.15) is 0 Å². The Bertz CT molecular complexity index is 1150. The van der Waals surface area contributed by atoms with Crippen LogP contribution < -0.4 is 0 Å². The lowest BCUT2D eigenvalue weighted by atomic mass is 9.77. The Kier molecular flexibility index (Phi) is 7.04. The minimum atomic E-state index is -0.0403. The molecule has 5 rings (SSSR count). The Morgan fingerprint density at radius 2 is 1.14 bits per heavy atom. The van der Waals surface area contributed by atoms with Crippen molar-refractivity contribution in [1.29, 1.82) is 0 Å². The second-order valence-corrected chi connectivity index (χ2v) is 10.8. The van der Waals surface area contributed by atoms with Gasteiger partial charge in [0.05, 0.1) is 0 Å². The third-order valence-electron chi connectivity index (χ3n) is 8.43. The average Bonchev–Trinajstić information content (AvgIpc) is 2.88. The molecule has 0 aliphatic heterocycles. The summed E-state index contributed by atoms with van der Waals surface area (Å²) in [7, 11) is 0. The predicted octanol–water partition coefficient (Wildman–Crippen LogP) is 8.39. The van der Waals surface area contributed by atoms with Crippen LogP contribution in [0.4, 0.5) is 0 Å². The van der Waals surface area contributed by atoms with Gasteiger partial charge in [0.25, 0.3) is 0 Å².